The van der Waals surface area contributed by atoms with E-state index in [1.54, 1.807) is 17.1 Å². The van der Waals surface area contributed by atoms with Crippen molar-refractivity contribution in [2.45, 2.75) is 6.54 Å². The Bertz CT molecular complexity index is 523. The van der Waals surface area contributed by atoms with Crippen LogP contribution in [0.15, 0.2) is 23.1 Å². The lowest BCUT2D eigenvalue weighted by molar-refractivity contribution is 0.0946. The molecule has 0 unspecified atom stereocenters. The van der Waals surface area contributed by atoms with E-state index in [9.17, 15) is 4.79 Å². The first-order chi connectivity index (χ1) is 8.16. The van der Waals surface area contributed by atoms with Gasteiger partial charge in [-0.05, 0) is 15.9 Å². The van der Waals surface area contributed by atoms with Gasteiger partial charge in [-0.2, -0.15) is 10.2 Å². The van der Waals surface area contributed by atoms with E-state index in [4.69, 9.17) is 11.6 Å². The fourth-order valence-corrected chi connectivity index (χ4v) is 1.79. The number of rotatable bonds is 4. The highest BCUT2D eigenvalue weighted by molar-refractivity contribution is 9.10. The lowest BCUT2D eigenvalue weighted by atomic mass is 10.4. The first-order valence-corrected chi connectivity index (χ1v) is 5.99. The number of nitrogens with zero attached hydrogens (tertiary/aromatic N) is 3. The predicted octanol–water partition coefficient (Wildman–Crippen LogP) is 1.45. The third kappa shape index (κ3) is 3.07. The van der Waals surface area contributed by atoms with Crippen LogP contribution in [-0.4, -0.2) is 32.4 Å². The van der Waals surface area contributed by atoms with Crippen LogP contribution in [0.25, 0.3) is 0 Å². The molecule has 1 amide bonds. The average molecular weight is 319 g/mol. The highest BCUT2D eigenvalue weighted by atomic mass is 79.9. The van der Waals surface area contributed by atoms with E-state index in [2.05, 4.69) is 36.5 Å². The van der Waals surface area contributed by atoms with Crippen LogP contribution >= 0.6 is 27.5 Å². The number of carbonyl (C=O) groups excluding carboxylic acids is 1. The molecule has 6 nitrogen and oxygen atoms in total. The van der Waals surface area contributed by atoms with Crippen molar-refractivity contribution in [3.8, 4) is 0 Å². The van der Waals surface area contributed by atoms with Crippen molar-refractivity contribution in [3.05, 3.63) is 33.8 Å². The molecule has 0 atom stereocenters. The summed E-state index contributed by atoms with van der Waals surface area (Å²) in [6.07, 6.45) is 4.77. The van der Waals surface area contributed by atoms with E-state index in [0.717, 1.165) is 0 Å². The van der Waals surface area contributed by atoms with Gasteiger partial charge in [0.15, 0.2) is 0 Å². The summed E-state index contributed by atoms with van der Waals surface area (Å²) >= 11 is 8.93. The fraction of sp³-hybridized carbons (Fsp3) is 0.222. The molecule has 17 heavy (non-hydrogen) atoms. The first kappa shape index (κ1) is 12.1. The van der Waals surface area contributed by atoms with Gasteiger partial charge in [-0.3, -0.25) is 14.6 Å². The molecular weight excluding hydrogens is 309 g/mol. The van der Waals surface area contributed by atoms with Crippen LogP contribution in [0.5, 0.6) is 0 Å². The summed E-state index contributed by atoms with van der Waals surface area (Å²) in [5, 5.41) is 13.7. The molecule has 0 fully saturated rings. The lowest BCUT2D eigenvalue weighted by Crippen LogP contribution is -2.27. The van der Waals surface area contributed by atoms with Crippen LogP contribution in [0.3, 0.4) is 0 Å². The number of hydrogen-bond donors (Lipinski definition) is 2. The zero-order valence-corrected chi connectivity index (χ0v) is 11.0. The quantitative estimate of drug-likeness (QED) is 0.896. The number of halogens is 2. The molecule has 0 radical (unpaired) electrons. The first-order valence-electron chi connectivity index (χ1n) is 4.82. The second kappa shape index (κ2) is 5.33. The van der Waals surface area contributed by atoms with Crippen LogP contribution in [-0.2, 0) is 6.54 Å². The smallest absolute Gasteiger partial charge is 0.270 e. The van der Waals surface area contributed by atoms with Crippen molar-refractivity contribution in [2.75, 3.05) is 6.54 Å². The Hall–Kier alpha value is -1.34. The summed E-state index contributed by atoms with van der Waals surface area (Å²) in [4.78, 5) is 11.7. The molecular formula is C9H9BrClN5O. The standard InChI is InChI=1S/C9H9BrClN5O/c10-7-4-13-15-8(7)9(17)12-1-2-16-5-6(11)3-14-16/h3-5H,1-2H2,(H,12,17)(H,13,15). The molecule has 2 heterocycles. The highest BCUT2D eigenvalue weighted by Gasteiger charge is 2.10. The van der Waals surface area contributed by atoms with E-state index >= 15 is 0 Å². The monoisotopic (exact) mass is 317 g/mol. The molecule has 0 aliphatic heterocycles. The van der Waals surface area contributed by atoms with Crippen molar-refractivity contribution < 1.29 is 4.79 Å². The van der Waals surface area contributed by atoms with Gasteiger partial charge in [0, 0.05) is 12.7 Å². The van der Waals surface area contributed by atoms with E-state index < -0.39 is 0 Å². The maximum absolute atomic E-state index is 11.7. The Morgan fingerprint density at radius 1 is 1.59 bits per heavy atom. The molecule has 2 N–H and O–H groups in total. The summed E-state index contributed by atoms with van der Waals surface area (Å²) in [5.41, 5.74) is 0.406. The molecule has 0 aromatic carbocycles. The Morgan fingerprint density at radius 2 is 2.41 bits per heavy atom. The Kier molecular flexibility index (Phi) is 3.80. The molecule has 0 aliphatic carbocycles. The van der Waals surface area contributed by atoms with Crippen molar-refractivity contribution in [2.24, 2.45) is 0 Å². The Morgan fingerprint density at radius 3 is 3.00 bits per heavy atom. The third-order valence-electron chi connectivity index (χ3n) is 2.05. The van der Waals surface area contributed by atoms with Gasteiger partial charge in [-0.1, -0.05) is 11.6 Å². The van der Waals surface area contributed by atoms with E-state index in [1.165, 1.54) is 6.20 Å². The highest BCUT2D eigenvalue weighted by Crippen LogP contribution is 2.11. The minimum atomic E-state index is -0.215. The van der Waals surface area contributed by atoms with E-state index in [-0.39, 0.29) is 5.91 Å². The molecule has 0 aliphatic rings. The van der Waals surface area contributed by atoms with Gasteiger partial charge in [-0.25, -0.2) is 0 Å². The van der Waals surface area contributed by atoms with Gasteiger partial charge in [-0.15, -0.1) is 0 Å². The second-order valence-electron chi connectivity index (χ2n) is 3.27. The molecule has 2 rings (SSSR count). The normalized spacial score (nSPS) is 10.5. The third-order valence-corrected chi connectivity index (χ3v) is 2.84. The fourth-order valence-electron chi connectivity index (χ4n) is 1.26. The van der Waals surface area contributed by atoms with Crippen LogP contribution < -0.4 is 5.32 Å². The topological polar surface area (TPSA) is 75.6 Å². The lowest BCUT2D eigenvalue weighted by Gasteiger charge is -2.04. The van der Waals surface area contributed by atoms with Gasteiger partial charge in [0.05, 0.1) is 28.4 Å². The largest absolute Gasteiger partial charge is 0.349 e. The van der Waals surface area contributed by atoms with Gasteiger partial charge in [0.1, 0.15) is 5.69 Å². The number of carbonyl (C=O) groups is 1. The second-order valence-corrected chi connectivity index (χ2v) is 4.56. The van der Waals surface area contributed by atoms with Gasteiger partial charge in [0.2, 0.25) is 0 Å². The molecule has 0 spiro atoms. The maximum atomic E-state index is 11.7. The zero-order chi connectivity index (χ0) is 12.3. The molecule has 0 bridgehead atoms. The summed E-state index contributed by atoms with van der Waals surface area (Å²) in [5.74, 6) is -0.215. The van der Waals surface area contributed by atoms with Gasteiger partial charge < -0.3 is 5.32 Å². The van der Waals surface area contributed by atoms with E-state index in [1.807, 2.05) is 0 Å². The molecule has 2 aromatic rings. The number of hydrogen-bond acceptors (Lipinski definition) is 3. The maximum Gasteiger partial charge on any atom is 0.270 e. The predicted molar refractivity (Wildman–Crippen MR) is 65.9 cm³/mol. The molecule has 2 aromatic heterocycles. The number of nitrogens with one attached hydrogen (secondary N) is 2. The van der Waals surface area contributed by atoms with Crippen molar-refractivity contribution in [1.29, 1.82) is 0 Å². The van der Waals surface area contributed by atoms with Gasteiger partial charge in [0.25, 0.3) is 5.91 Å². The zero-order valence-electron chi connectivity index (χ0n) is 8.65. The van der Waals surface area contributed by atoms with Crippen LogP contribution in [0.4, 0.5) is 0 Å². The molecule has 8 heteroatoms. The van der Waals surface area contributed by atoms with Crippen LogP contribution in [0.2, 0.25) is 5.02 Å². The van der Waals surface area contributed by atoms with Crippen LogP contribution in [0, 0.1) is 0 Å². The number of aromatic amines is 1. The summed E-state index contributed by atoms with van der Waals surface area (Å²) in [6, 6.07) is 0. The number of amides is 1. The summed E-state index contributed by atoms with van der Waals surface area (Å²) in [7, 11) is 0. The van der Waals surface area contributed by atoms with Gasteiger partial charge >= 0.3 is 0 Å². The summed E-state index contributed by atoms with van der Waals surface area (Å²) in [6.45, 7) is 1.02. The number of aromatic nitrogens is 4. The minimum Gasteiger partial charge on any atom is -0.349 e. The van der Waals surface area contributed by atoms with Crippen molar-refractivity contribution >= 4 is 33.4 Å². The number of H-pyrrole nitrogens is 1. The SMILES string of the molecule is O=C(NCCn1cc(Cl)cn1)c1[nH]ncc1Br. The molecule has 0 saturated carbocycles. The molecule has 0 saturated heterocycles. The average Bonchev–Trinajstić information content (AvgIpc) is 2.87. The Balaban J connectivity index is 1.83. The van der Waals surface area contributed by atoms with Crippen molar-refractivity contribution in [3.63, 3.8) is 0 Å². The summed E-state index contributed by atoms with van der Waals surface area (Å²) < 4.78 is 2.29. The van der Waals surface area contributed by atoms with E-state index in [0.29, 0.717) is 28.3 Å². The van der Waals surface area contributed by atoms with Crippen molar-refractivity contribution in [1.82, 2.24) is 25.3 Å². The molecule has 90 valence electrons. The van der Waals surface area contributed by atoms with Crippen LogP contribution in [0.1, 0.15) is 10.5 Å². The Labute approximate surface area is 110 Å². The minimum absolute atomic E-state index is 0.215.